The minimum absolute atomic E-state index is 0.0173. The van der Waals surface area contributed by atoms with Crippen LogP contribution in [0.15, 0.2) is 58.2 Å². The minimum Gasteiger partial charge on any atom is -0.503 e. The topological polar surface area (TPSA) is 89.2 Å². The van der Waals surface area contributed by atoms with Gasteiger partial charge in [0.05, 0.1) is 18.7 Å². The molecule has 2 aromatic carbocycles. The third kappa shape index (κ3) is 4.21. The van der Waals surface area contributed by atoms with Crippen molar-refractivity contribution in [1.29, 1.82) is 0 Å². The van der Waals surface area contributed by atoms with E-state index in [0.717, 1.165) is 11.1 Å². The van der Waals surface area contributed by atoms with Crippen LogP contribution in [0.5, 0.6) is 5.75 Å². The summed E-state index contributed by atoms with van der Waals surface area (Å²) in [7, 11) is 3.06. The van der Waals surface area contributed by atoms with Gasteiger partial charge in [-0.3, -0.25) is 9.59 Å². The molecule has 172 valence electrons. The van der Waals surface area contributed by atoms with E-state index in [4.69, 9.17) is 25.5 Å². The molecule has 1 aliphatic heterocycles. The first-order valence-electron chi connectivity index (χ1n) is 10.5. The van der Waals surface area contributed by atoms with Gasteiger partial charge in [-0.05, 0) is 31.0 Å². The highest BCUT2D eigenvalue weighted by molar-refractivity contribution is 6.31. The number of halogens is 1. The van der Waals surface area contributed by atoms with Crippen LogP contribution >= 0.6 is 11.6 Å². The molecule has 1 N–H and O–H groups in total. The first-order valence-corrected chi connectivity index (χ1v) is 10.8. The lowest BCUT2D eigenvalue weighted by Gasteiger charge is -2.26. The molecule has 1 unspecified atom stereocenters. The molecule has 3 aromatic rings. The third-order valence-electron chi connectivity index (χ3n) is 5.64. The van der Waals surface area contributed by atoms with E-state index in [-0.39, 0.29) is 11.3 Å². The Hall–Kier alpha value is -3.29. The number of aliphatic hydroxyl groups is 1. The molecule has 1 aliphatic rings. The minimum atomic E-state index is -0.750. The summed E-state index contributed by atoms with van der Waals surface area (Å²) in [4.78, 5) is 28.1. The summed E-state index contributed by atoms with van der Waals surface area (Å²) in [6.07, 6.45) is 0.555. The van der Waals surface area contributed by atoms with Gasteiger partial charge in [0, 0.05) is 36.7 Å². The second kappa shape index (κ2) is 9.29. The van der Waals surface area contributed by atoms with Crippen LogP contribution in [0.2, 0.25) is 5.02 Å². The summed E-state index contributed by atoms with van der Waals surface area (Å²) in [6.45, 7) is 2.68. The van der Waals surface area contributed by atoms with Gasteiger partial charge in [-0.25, -0.2) is 0 Å². The molecule has 0 saturated carbocycles. The number of Topliss-reactive ketones (excluding diaryl/α,β-unsaturated/α-hetero) is 1. The van der Waals surface area contributed by atoms with Gasteiger partial charge in [-0.1, -0.05) is 41.4 Å². The Morgan fingerprint density at radius 3 is 2.70 bits per heavy atom. The molecule has 0 bridgehead atoms. The molecule has 4 rings (SSSR count). The number of furan rings is 1. The van der Waals surface area contributed by atoms with Crippen molar-refractivity contribution in [2.24, 2.45) is 0 Å². The number of amides is 1. The van der Waals surface area contributed by atoms with Gasteiger partial charge >= 0.3 is 0 Å². The molecule has 1 aromatic heterocycles. The van der Waals surface area contributed by atoms with Crippen LogP contribution in [-0.4, -0.2) is 49.1 Å². The summed E-state index contributed by atoms with van der Waals surface area (Å²) in [6, 6.07) is 11.5. The van der Waals surface area contributed by atoms with Gasteiger partial charge in [0.1, 0.15) is 0 Å². The molecule has 0 radical (unpaired) electrons. The summed E-state index contributed by atoms with van der Waals surface area (Å²) >= 11 is 6.14. The molecule has 1 amide bonds. The molecule has 0 saturated heterocycles. The number of methoxy groups -OCH3 is 2. The van der Waals surface area contributed by atoms with Crippen molar-refractivity contribution >= 4 is 34.3 Å². The number of hydrogen-bond acceptors (Lipinski definition) is 6. The summed E-state index contributed by atoms with van der Waals surface area (Å²) in [5.74, 6) is -1.38. The number of carbonyl (C=O) groups excluding carboxylic acids is 2. The molecular formula is C25H24ClNO6. The Morgan fingerprint density at radius 1 is 1.21 bits per heavy atom. The van der Waals surface area contributed by atoms with E-state index in [0.29, 0.717) is 41.3 Å². The zero-order chi connectivity index (χ0) is 23.7. The predicted octanol–water partition coefficient (Wildman–Crippen LogP) is 5.02. The van der Waals surface area contributed by atoms with E-state index >= 15 is 0 Å². The van der Waals surface area contributed by atoms with E-state index in [2.05, 4.69) is 0 Å². The number of aliphatic hydroxyl groups excluding tert-OH is 1. The van der Waals surface area contributed by atoms with Crippen LogP contribution in [0.1, 0.15) is 34.1 Å². The van der Waals surface area contributed by atoms with E-state index in [1.54, 1.807) is 19.2 Å². The van der Waals surface area contributed by atoms with E-state index < -0.39 is 23.5 Å². The second-order valence-electron chi connectivity index (χ2n) is 7.89. The van der Waals surface area contributed by atoms with Crippen LogP contribution in [0.25, 0.3) is 11.0 Å². The fraction of sp³-hybridized carbons (Fsp3) is 0.280. The number of aryl methyl sites for hydroxylation is 1. The van der Waals surface area contributed by atoms with Gasteiger partial charge in [0.15, 0.2) is 22.9 Å². The van der Waals surface area contributed by atoms with Gasteiger partial charge in [-0.15, -0.1) is 0 Å². The zero-order valence-electron chi connectivity index (χ0n) is 18.6. The Kier molecular flexibility index (Phi) is 6.44. The number of carbonyl (C=O) groups is 2. The quantitative estimate of drug-likeness (QED) is 0.368. The van der Waals surface area contributed by atoms with Crippen molar-refractivity contribution in [2.75, 3.05) is 27.4 Å². The van der Waals surface area contributed by atoms with Crippen molar-refractivity contribution in [2.45, 2.75) is 19.4 Å². The van der Waals surface area contributed by atoms with Crippen LogP contribution in [0.3, 0.4) is 0 Å². The number of benzene rings is 2. The zero-order valence-corrected chi connectivity index (χ0v) is 19.3. The van der Waals surface area contributed by atoms with Crippen LogP contribution < -0.4 is 4.74 Å². The maximum atomic E-state index is 13.6. The lowest BCUT2D eigenvalue weighted by Crippen LogP contribution is -2.32. The Bertz CT molecular complexity index is 1260. The van der Waals surface area contributed by atoms with Gasteiger partial charge < -0.3 is 23.9 Å². The number of nitrogens with zero attached hydrogens (tertiary/aromatic N) is 1. The van der Waals surface area contributed by atoms with E-state index in [1.165, 1.54) is 18.1 Å². The van der Waals surface area contributed by atoms with Gasteiger partial charge in [0.25, 0.3) is 5.91 Å². The van der Waals surface area contributed by atoms with Gasteiger partial charge in [0.2, 0.25) is 5.78 Å². The van der Waals surface area contributed by atoms with Crippen LogP contribution in [0.4, 0.5) is 0 Å². The molecule has 8 heteroatoms. The third-order valence-corrected chi connectivity index (χ3v) is 5.86. The number of rotatable bonds is 8. The monoisotopic (exact) mass is 469 g/mol. The second-order valence-corrected chi connectivity index (χ2v) is 8.33. The molecule has 7 nitrogen and oxygen atoms in total. The number of ether oxygens (including phenoxy) is 2. The maximum Gasteiger partial charge on any atom is 0.290 e. The molecule has 0 aliphatic carbocycles. The fourth-order valence-corrected chi connectivity index (χ4v) is 4.38. The lowest BCUT2D eigenvalue weighted by atomic mass is 9.94. The Labute approximate surface area is 196 Å². The Balaban J connectivity index is 1.80. The lowest BCUT2D eigenvalue weighted by molar-refractivity contribution is -0.129. The van der Waals surface area contributed by atoms with E-state index in [9.17, 15) is 14.7 Å². The molecular weight excluding hydrogens is 446 g/mol. The highest BCUT2D eigenvalue weighted by Gasteiger charge is 2.44. The SMILES string of the molecule is COCCCN1C(=O)C(O)=C(C(=O)c2cc3cc(Cl)cc(OC)c3o2)C1c1cccc(C)c1. The van der Waals surface area contributed by atoms with Crippen molar-refractivity contribution in [3.63, 3.8) is 0 Å². The number of ketones is 1. The molecule has 33 heavy (non-hydrogen) atoms. The smallest absolute Gasteiger partial charge is 0.290 e. The molecule has 1 atom stereocenters. The van der Waals surface area contributed by atoms with Crippen LogP contribution in [0, 0.1) is 6.92 Å². The van der Waals surface area contributed by atoms with Crippen molar-refractivity contribution in [3.8, 4) is 5.75 Å². The average molecular weight is 470 g/mol. The largest absolute Gasteiger partial charge is 0.503 e. The summed E-state index contributed by atoms with van der Waals surface area (Å²) < 4.78 is 16.2. The first-order chi connectivity index (χ1) is 15.8. The standard InChI is InChI=1S/C25H24ClNO6/c1-14-6-4-7-15(10-14)21-20(23(29)25(30)27(21)8-5-9-31-2)22(28)18-12-16-11-17(26)13-19(32-3)24(16)33-18/h4,6-7,10-13,21,29H,5,8-9H2,1-3H3. The first kappa shape index (κ1) is 22.9. The highest BCUT2D eigenvalue weighted by atomic mass is 35.5. The summed E-state index contributed by atoms with van der Waals surface area (Å²) in [5.41, 5.74) is 2.04. The van der Waals surface area contributed by atoms with Crippen molar-refractivity contribution in [1.82, 2.24) is 4.90 Å². The van der Waals surface area contributed by atoms with E-state index in [1.807, 2.05) is 31.2 Å². The fourth-order valence-electron chi connectivity index (χ4n) is 4.16. The normalized spacial score (nSPS) is 16.2. The van der Waals surface area contributed by atoms with Crippen LogP contribution in [-0.2, 0) is 9.53 Å². The summed E-state index contributed by atoms with van der Waals surface area (Å²) in [5, 5.41) is 11.8. The number of hydrogen-bond donors (Lipinski definition) is 1. The predicted molar refractivity (Wildman–Crippen MR) is 124 cm³/mol. The van der Waals surface area contributed by atoms with Crippen molar-refractivity contribution in [3.05, 3.63) is 75.7 Å². The molecule has 0 spiro atoms. The maximum absolute atomic E-state index is 13.6. The number of fused-ring (bicyclic) bond motifs is 1. The van der Waals surface area contributed by atoms with Gasteiger partial charge in [-0.2, -0.15) is 0 Å². The van der Waals surface area contributed by atoms with Crippen molar-refractivity contribution < 1.29 is 28.6 Å². The average Bonchev–Trinajstić information content (AvgIpc) is 3.32. The molecule has 0 fully saturated rings. The molecule has 2 heterocycles. The highest BCUT2D eigenvalue weighted by Crippen LogP contribution is 2.41. The Morgan fingerprint density at radius 2 is 2.00 bits per heavy atom.